The number of aromatic nitrogens is 1. The number of hydrogen-bond acceptors (Lipinski definition) is 5. The second kappa shape index (κ2) is 8.07. The average Bonchev–Trinajstić information content (AvgIpc) is 3.24. The van der Waals surface area contributed by atoms with Crippen LogP contribution in [-0.2, 0) is 21.2 Å². The van der Waals surface area contributed by atoms with Gasteiger partial charge >= 0.3 is 0 Å². The molecule has 4 rings (SSSR count). The van der Waals surface area contributed by atoms with Gasteiger partial charge in [0.25, 0.3) is 0 Å². The summed E-state index contributed by atoms with van der Waals surface area (Å²) in [6.07, 6.45) is 8.55. The van der Waals surface area contributed by atoms with Gasteiger partial charge in [0.1, 0.15) is 0 Å². The van der Waals surface area contributed by atoms with E-state index in [4.69, 9.17) is 0 Å². The quantitative estimate of drug-likeness (QED) is 0.756. The molecule has 1 fully saturated rings. The minimum absolute atomic E-state index is 0.0457. The van der Waals surface area contributed by atoms with Gasteiger partial charge in [-0.2, -0.15) is 0 Å². The van der Waals surface area contributed by atoms with Crippen LogP contribution < -0.4 is 9.62 Å². The SMILES string of the molecule is C[C@H]1Cc2cc(-c3csc(NC(=O)CC4CCCCC4)n3)ccc2N1S(C)(=O)=O. The van der Waals surface area contributed by atoms with Gasteiger partial charge in [-0.15, -0.1) is 11.3 Å². The van der Waals surface area contributed by atoms with Crippen molar-refractivity contribution in [2.45, 2.75) is 57.9 Å². The second-order valence-electron chi connectivity index (χ2n) is 8.25. The van der Waals surface area contributed by atoms with Crippen LogP contribution in [0.5, 0.6) is 0 Å². The van der Waals surface area contributed by atoms with Gasteiger partial charge in [-0.25, -0.2) is 13.4 Å². The lowest BCUT2D eigenvalue weighted by Gasteiger charge is -2.21. The highest BCUT2D eigenvalue weighted by Gasteiger charge is 2.32. The molecule has 1 saturated carbocycles. The Bertz CT molecular complexity index is 1010. The van der Waals surface area contributed by atoms with E-state index in [1.54, 1.807) is 0 Å². The van der Waals surface area contributed by atoms with Gasteiger partial charge < -0.3 is 5.32 Å². The van der Waals surface area contributed by atoms with Crippen molar-refractivity contribution in [3.05, 3.63) is 29.1 Å². The maximum Gasteiger partial charge on any atom is 0.232 e. The molecular formula is C21H27N3O3S2. The fraction of sp³-hybridized carbons (Fsp3) is 0.524. The topological polar surface area (TPSA) is 79.4 Å². The van der Waals surface area contributed by atoms with Crippen molar-refractivity contribution in [1.82, 2.24) is 4.98 Å². The van der Waals surface area contributed by atoms with Crippen molar-refractivity contribution in [1.29, 1.82) is 0 Å². The maximum absolute atomic E-state index is 12.3. The molecule has 29 heavy (non-hydrogen) atoms. The number of thiazole rings is 1. The predicted molar refractivity (Wildman–Crippen MR) is 118 cm³/mol. The monoisotopic (exact) mass is 433 g/mol. The zero-order valence-electron chi connectivity index (χ0n) is 16.8. The van der Waals surface area contributed by atoms with E-state index in [-0.39, 0.29) is 11.9 Å². The third-order valence-electron chi connectivity index (χ3n) is 5.83. The average molecular weight is 434 g/mol. The van der Waals surface area contributed by atoms with Crippen molar-refractivity contribution < 1.29 is 13.2 Å². The van der Waals surface area contributed by atoms with E-state index in [0.717, 1.165) is 35.3 Å². The van der Waals surface area contributed by atoms with E-state index in [9.17, 15) is 13.2 Å². The minimum Gasteiger partial charge on any atom is -0.302 e. The Labute approximate surface area is 176 Å². The lowest BCUT2D eigenvalue weighted by atomic mass is 9.87. The van der Waals surface area contributed by atoms with E-state index < -0.39 is 10.0 Å². The zero-order chi connectivity index (χ0) is 20.6. The molecule has 6 nitrogen and oxygen atoms in total. The molecule has 1 aromatic carbocycles. The van der Waals surface area contributed by atoms with E-state index in [1.807, 2.05) is 30.5 Å². The summed E-state index contributed by atoms with van der Waals surface area (Å²) in [5, 5.41) is 5.50. The van der Waals surface area contributed by atoms with Crippen molar-refractivity contribution in [2.75, 3.05) is 15.9 Å². The normalized spacial score (nSPS) is 19.9. The summed E-state index contributed by atoms with van der Waals surface area (Å²) in [5.41, 5.74) is 3.50. The largest absolute Gasteiger partial charge is 0.302 e. The Morgan fingerprint density at radius 2 is 2.03 bits per heavy atom. The number of nitrogens with one attached hydrogen (secondary N) is 1. The van der Waals surface area contributed by atoms with Crippen LogP contribution in [0.2, 0.25) is 0 Å². The molecule has 2 aliphatic rings. The fourth-order valence-electron chi connectivity index (χ4n) is 4.55. The smallest absolute Gasteiger partial charge is 0.232 e. The number of rotatable bonds is 5. The number of fused-ring (bicyclic) bond motifs is 1. The Morgan fingerprint density at radius 3 is 2.76 bits per heavy atom. The lowest BCUT2D eigenvalue weighted by Crippen LogP contribution is -2.34. The third-order valence-corrected chi connectivity index (χ3v) is 7.86. The highest BCUT2D eigenvalue weighted by atomic mass is 32.2. The molecule has 2 aromatic rings. The van der Waals surface area contributed by atoms with Gasteiger partial charge in [0.15, 0.2) is 5.13 Å². The van der Waals surface area contributed by atoms with Crippen LogP contribution in [0.3, 0.4) is 0 Å². The van der Waals surface area contributed by atoms with Crippen LogP contribution in [0.15, 0.2) is 23.6 Å². The van der Waals surface area contributed by atoms with Crippen LogP contribution in [0, 0.1) is 5.92 Å². The van der Waals surface area contributed by atoms with Crippen molar-refractivity contribution in [2.24, 2.45) is 5.92 Å². The zero-order valence-corrected chi connectivity index (χ0v) is 18.5. The van der Waals surface area contributed by atoms with E-state index in [1.165, 1.54) is 41.2 Å². The highest BCUT2D eigenvalue weighted by molar-refractivity contribution is 7.92. The Kier molecular flexibility index (Phi) is 5.66. The lowest BCUT2D eigenvalue weighted by molar-refractivity contribution is -0.117. The first-order valence-corrected chi connectivity index (χ1v) is 12.9. The van der Waals surface area contributed by atoms with Gasteiger partial charge in [-0.1, -0.05) is 25.3 Å². The first-order chi connectivity index (χ1) is 13.8. The highest BCUT2D eigenvalue weighted by Crippen LogP contribution is 2.37. The molecule has 0 spiro atoms. The first kappa shape index (κ1) is 20.3. The molecule has 1 aromatic heterocycles. The summed E-state index contributed by atoms with van der Waals surface area (Å²) >= 11 is 1.42. The van der Waals surface area contributed by atoms with Crippen LogP contribution in [0.25, 0.3) is 11.3 Å². The minimum atomic E-state index is -3.29. The van der Waals surface area contributed by atoms with E-state index in [0.29, 0.717) is 23.9 Å². The number of amides is 1. The molecule has 0 unspecified atom stereocenters. The van der Waals surface area contributed by atoms with Crippen LogP contribution in [-0.4, -0.2) is 31.6 Å². The summed E-state index contributed by atoms with van der Waals surface area (Å²) in [7, 11) is -3.29. The number of sulfonamides is 1. The predicted octanol–water partition coefficient (Wildman–Crippen LogP) is 4.43. The van der Waals surface area contributed by atoms with Gasteiger partial charge in [-0.05, 0) is 49.8 Å². The van der Waals surface area contributed by atoms with Crippen LogP contribution >= 0.6 is 11.3 Å². The van der Waals surface area contributed by atoms with E-state index >= 15 is 0 Å². The first-order valence-electron chi connectivity index (χ1n) is 10.2. The van der Waals surface area contributed by atoms with Crippen molar-refractivity contribution in [3.63, 3.8) is 0 Å². The fourth-order valence-corrected chi connectivity index (χ4v) is 6.55. The number of benzene rings is 1. The molecule has 1 N–H and O–H groups in total. The molecule has 156 valence electrons. The maximum atomic E-state index is 12.3. The summed E-state index contributed by atoms with van der Waals surface area (Å²) in [6.45, 7) is 1.92. The summed E-state index contributed by atoms with van der Waals surface area (Å²) < 4.78 is 25.7. The van der Waals surface area contributed by atoms with Crippen molar-refractivity contribution >= 4 is 38.1 Å². The van der Waals surface area contributed by atoms with Gasteiger partial charge in [0.2, 0.25) is 15.9 Å². The molecule has 1 amide bonds. The molecule has 1 atom stereocenters. The number of carbonyl (C=O) groups excluding carboxylic acids is 1. The molecule has 1 aliphatic heterocycles. The number of carbonyl (C=O) groups is 1. The Morgan fingerprint density at radius 1 is 1.28 bits per heavy atom. The van der Waals surface area contributed by atoms with Gasteiger partial charge in [-0.3, -0.25) is 9.10 Å². The Balaban J connectivity index is 1.46. The van der Waals surface area contributed by atoms with Crippen molar-refractivity contribution in [3.8, 4) is 11.3 Å². The summed E-state index contributed by atoms with van der Waals surface area (Å²) in [5.74, 6) is 0.545. The molecule has 1 aliphatic carbocycles. The van der Waals surface area contributed by atoms with Gasteiger partial charge in [0.05, 0.1) is 17.6 Å². The van der Waals surface area contributed by atoms with Gasteiger partial charge in [0, 0.05) is 23.4 Å². The third kappa shape index (κ3) is 4.48. The van der Waals surface area contributed by atoms with Crippen LogP contribution in [0.4, 0.5) is 10.8 Å². The molecule has 0 radical (unpaired) electrons. The second-order valence-corrected chi connectivity index (χ2v) is 11.0. The van der Waals surface area contributed by atoms with E-state index in [2.05, 4.69) is 10.3 Å². The standard InChI is InChI=1S/C21H27N3O3S2/c1-14-10-17-12-16(8-9-19(17)24(14)29(2,26)27)18-13-28-21(22-18)23-20(25)11-15-6-4-3-5-7-15/h8-9,12-15H,3-7,10-11H2,1-2H3,(H,22,23,25)/t14-/m0/s1. The molecule has 0 bridgehead atoms. The molecular weight excluding hydrogens is 406 g/mol. The number of anilines is 2. The molecule has 0 saturated heterocycles. The molecule has 8 heteroatoms. The van der Waals surface area contributed by atoms with Crippen LogP contribution in [0.1, 0.15) is 51.0 Å². The number of hydrogen-bond donors (Lipinski definition) is 1. The Hall–Kier alpha value is -1.93. The summed E-state index contributed by atoms with van der Waals surface area (Å²) in [4.78, 5) is 16.9. The summed E-state index contributed by atoms with van der Waals surface area (Å²) in [6, 6.07) is 5.69. The number of nitrogens with zero attached hydrogens (tertiary/aromatic N) is 2. The molecule has 2 heterocycles.